The van der Waals surface area contributed by atoms with Crippen LogP contribution in [0.15, 0.2) is 51.7 Å². The molecular formula is C14H14N2O2S2. The first-order valence-electron chi connectivity index (χ1n) is 6.15. The molecule has 2 heterocycles. The minimum absolute atomic E-state index is 0.361. The summed E-state index contributed by atoms with van der Waals surface area (Å²) in [5.41, 5.74) is 2.76. The van der Waals surface area contributed by atoms with Crippen LogP contribution in [0.2, 0.25) is 0 Å². The fourth-order valence-corrected chi connectivity index (χ4v) is 4.49. The minimum atomic E-state index is -3.45. The number of hydrogen-bond acceptors (Lipinski definition) is 4. The summed E-state index contributed by atoms with van der Waals surface area (Å²) in [7, 11) is -1.86. The van der Waals surface area contributed by atoms with Gasteiger partial charge in [-0.1, -0.05) is 24.3 Å². The highest BCUT2D eigenvalue weighted by Crippen LogP contribution is 2.28. The summed E-state index contributed by atoms with van der Waals surface area (Å²) >= 11 is 1.23. The normalized spacial score (nSPS) is 14.2. The van der Waals surface area contributed by atoms with Gasteiger partial charge in [-0.05, 0) is 29.2 Å². The Morgan fingerprint density at radius 2 is 2.00 bits per heavy atom. The van der Waals surface area contributed by atoms with Gasteiger partial charge in [0.15, 0.2) is 0 Å². The van der Waals surface area contributed by atoms with Gasteiger partial charge in [-0.25, -0.2) is 8.42 Å². The molecule has 0 saturated heterocycles. The van der Waals surface area contributed by atoms with Crippen LogP contribution < -0.4 is 5.32 Å². The van der Waals surface area contributed by atoms with Crippen LogP contribution in [0.3, 0.4) is 0 Å². The largest absolute Gasteiger partial charge is 0.379 e. The average Bonchev–Trinajstić information content (AvgIpc) is 3.01. The molecule has 0 unspecified atom stereocenters. The Balaban J connectivity index is 1.97. The molecule has 1 aliphatic heterocycles. The lowest BCUT2D eigenvalue weighted by molar-refractivity contribution is 0.525. The Labute approximate surface area is 122 Å². The fourth-order valence-electron chi connectivity index (χ4n) is 2.10. The number of anilines is 1. The van der Waals surface area contributed by atoms with Gasteiger partial charge < -0.3 is 5.32 Å². The number of fused-ring (bicyclic) bond motifs is 1. The number of para-hydroxylation sites is 1. The number of sulfonamides is 1. The van der Waals surface area contributed by atoms with Crippen molar-refractivity contribution in [1.82, 2.24) is 4.31 Å². The zero-order valence-electron chi connectivity index (χ0n) is 10.9. The molecule has 1 aromatic carbocycles. The van der Waals surface area contributed by atoms with Crippen molar-refractivity contribution in [1.29, 1.82) is 0 Å². The molecule has 1 N–H and O–H groups in total. The molecule has 0 bridgehead atoms. The highest BCUT2D eigenvalue weighted by molar-refractivity contribution is 7.91. The quantitative estimate of drug-likeness (QED) is 0.948. The van der Waals surface area contributed by atoms with E-state index in [4.69, 9.17) is 0 Å². The zero-order chi connectivity index (χ0) is 14.2. The van der Waals surface area contributed by atoms with Crippen LogP contribution in [0, 0.1) is 0 Å². The first-order valence-corrected chi connectivity index (χ1v) is 8.47. The molecule has 0 atom stereocenters. The van der Waals surface area contributed by atoms with Crippen molar-refractivity contribution in [3.63, 3.8) is 0 Å². The molecule has 0 radical (unpaired) electrons. The lowest BCUT2D eigenvalue weighted by atomic mass is 10.1. The van der Waals surface area contributed by atoms with E-state index in [0.29, 0.717) is 10.8 Å². The Morgan fingerprint density at radius 3 is 2.75 bits per heavy atom. The third-order valence-corrected chi connectivity index (χ3v) is 6.44. The Bertz CT molecular complexity index is 749. The molecule has 0 spiro atoms. The third kappa shape index (κ3) is 2.21. The molecular weight excluding hydrogens is 292 g/mol. The number of nitrogens with one attached hydrogen (secondary N) is 1. The molecule has 104 valence electrons. The molecule has 2 aromatic rings. The van der Waals surface area contributed by atoms with E-state index in [2.05, 4.69) is 5.32 Å². The van der Waals surface area contributed by atoms with E-state index >= 15 is 0 Å². The van der Waals surface area contributed by atoms with Gasteiger partial charge in [0.25, 0.3) is 10.0 Å². The van der Waals surface area contributed by atoms with Crippen LogP contribution in [0.4, 0.5) is 5.69 Å². The van der Waals surface area contributed by atoms with Crippen LogP contribution in [0.1, 0.15) is 5.56 Å². The summed E-state index contributed by atoms with van der Waals surface area (Å²) in [5.74, 6) is 0. The molecule has 0 saturated carbocycles. The van der Waals surface area contributed by atoms with Crippen molar-refractivity contribution < 1.29 is 8.42 Å². The van der Waals surface area contributed by atoms with E-state index in [1.165, 1.54) is 15.6 Å². The fraction of sp³-hybridized carbons (Fsp3) is 0.143. The molecule has 0 amide bonds. The molecule has 20 heavy (non-hydrogen) atoms. The zero-order valence-corrected chi connectivity index (χ0v) is 12.5. The Hall–Kier alpha value is -1.79. The van der Waals surface area contributed by atoms with Gasteiger partial charge in [0, 0.05) is 18.4 Å². The molecule has 1 aromatic heterocycles. The van der Waals surface area contributed by atoms with E-state index in [1.54, 1.807) is 24.6 Å². The number of thiophene rings is 1. The number of benzene rings is 1. The average molecular weight is 306 g/mol. The van der Waals surface area contributed by atoms with Gasteiger partial charge >= 0.3 is 0 Å². The van der Waals surface area contributed by atoms with Crippen molar-refractivity contribution in [3.05, 3.63) is 53.0 Å². The van der Waals surface area contributed by atoms with E-state index in [-0.39, 0.29) is 0 Å². The summed E-state index contributed by atoms with van der Waals surface area (Å²) in [4.78, 5) is 0. The van der Waals surface area contributed by atoms with Crippen molar-refractivity contribution >= 4 is 33.1 Å². The summed E-state index contributed by atoms with van der Waals surface area (Å²) in [6.45, 7) is 0.498. The van der Waals surface area contributed by atoms with Crippen molar-refractivity contribution in [2.45, 2.75) is 4.21 Å². The molecule has 6 heteroatoms. The monoisotopic (exact) mass is 306 g/mol. The van der Waals surface area contributed by atoms with E-state index in [9.17, 15) is 8.42 Å². The second-order valence-corrected chi connectivity index (χ2v) is 7.62. The van der Waals surface area contributed by atoms with Crippen LogP contribution in [-0.4, -0.2) is 26.3 Å². The summed E-state index contributed by atoms with van der Waals surface area (Å²) in [6.07, 6.45) is 1.91. The smallest absolute Gasteiger partial charge is 0.273 e. The maximum Gasteiger partial charge on any atom is 0.273 e. The van der Waals surface area contributed by atoms with E-state index in [0.717, 1.165) is 16.9 Å². The van der Waals surface area contributed by atoms with Crippen LogP contribution in [-0.2, 0) is 10.0 Å². The third-order valence-electron chi connectivity index (χ3n) is 3.26. The highest BCUT2D eigenvalue weighted by Gasteiger charge is 2.25. The van der Waals surface area contributed by atoms with Crippen LogP contribution >= 0.6 is 11.3 Å². The number of rotatable bonds is 3. The van der Waals surface area contributed by atoms with Crippen LogP contribution in [0.5, 0.6) is 0 Å². The van der Waals surface area contributed by atoms with Crippen molar-refractivity contribution in [2.24, 2.45) is 0 Å². The van der Waals surface area contributed by atoms with Crippen molar-refractivity contribution in [3.8, 4) is 0 Å². The standard InChI is InChI=1S/C14H14N2O2S2/c1-16(20(17,18)14-7-4-8-19-14)12-9-11-5-2-3-6-13(11)15-10-12/h2-9,15H,10H2,1H3. The topological polar surface area (TPSA) is 49.4 Å². The molecule has 3 rings (SSSR count). The van der Waals surface area contributed by atoms with Gasteiger partial charge in [-0.2, -0.15) is 0 Å². The summed E-state index contributed by atoms with van der Waals surface area (Å²) in [5, 5.41) is 5.01. The maximum atomic E-state index is 12.5. The molecule has 0 aliphatic carbocycles. The van der Waals surface area contributed by atoms with E-state index < -0.39 is 10.0 Å². The minimum Gasteiger partial charge on any atom is -0.379 e. The van der Waals surface area contributed by atoms with E-state index in [1.807, 2.05) is 30.3 Å². The first-order chi connectivity index (χ1) is 9.59. The van der Waals surface area contributed by atoms with Crippen LogP contribution in [0.25, 0.3) is 6.08 Å². The molecule has 0 fully saturated rings. The number of likely N-dealkylation sites (N-methyl/N-ethyl adjacent to an activating group) is 1. The lowest BCUT2D eigenvalue weighted by Gasteiger charge is -2.26. The Morgan fingerprint density at radius 1 is 1.20 bits per heavy atom. The first kappa shape index (κ1) is 13.2. The number of nitrogens with zero attached hydrogens (tertiary/aromatic N) is 1. The van der Waals surface area contributed by atoms with Gasteiger partial charge in [-0.3, -0.25) is 4.31 Å². The highest BCUT2D eigenvalue weighted by atomic mass is 32.2. The SMILES string of the molecule is CN(C1=Cc2ccccc2NC1)S(=O)(=O)c1cccs1. The lowest BCUT2D eigenvalue weighted by Crippen LogP contribution is -2.30. The molecule has 4 nitrogen and oxygen atoms in total. The second-order valence-electron chi connectivity index (χ2n) is 4.48. The summed E-state index contributed by atoms with van der Waals surface area (Å²) < 4.78 is 26.7. The van der Waals surface area contributed by atoms with Gasteiger partial charge in [0.1, 0.15) is 4.21 Å². The van der Waals surface area contributed by atoms with Gasteiger partial charge in [0.05, 0.1) is 6.54 Å². The summed E-state index contributed by atoms with van der Waals surface area (Å²) in [6, 6.07) is 11.2. The van der Waals surface area contributed by atoms with Crippen molar-refractivity contribution in [2.75, 3.05) is 18.9 Å². The van der Waals surface area contributed by atoms with Gasteiger partial charge in [0.2, 0.25) is 0 Å². The van der Waals surface area contributed by atoms with Gasteiger partial charge in [-0.15, -0.1) is 11.3 Å². The second kappa shape index (κ2) is 4.96. The Kier molecular flexibility index (Phi) is 3.27. The number of hydrogen-bond donors (Lipinski definition) is 1. The predicted octanol–water partition coefficient (Wildman–Crippen LogP) is 2.84. The predicted molar refractivity (Wildman–Crippen MR) is 82.2 cm³/mol. The molecule has 1 aliphatic rings. The maximum absolute atomic E-state index is 12.5.